The van der Waals surface area contributed by atoms with Gasteiger partial charge >= 0.3 is 7.60 Å². The van der Waals surface area contributed by atoms with Crippen LogP contribution in [0.4, 0.5) is 0 Å². The van der Waals surface area contributed by atoms with E-state index in [4.69, 9.17) is 9.05 Å². The molecule has 0 bridgehead atoms. The van der Waals surface area contributed by atoms with Crippen molar-refractivity contribution in [2.75, 3.05) is 13.2 Å². The molecule has 1 N–H and O–H groups in total. The number of amides is 1. The Labute approximate surface area is 125 Å². The summed E-state index contributed by atoms with van der Waals surface area (Å²) in [6.07, 6.45) is 0.567. The van der Waals surface area contributed by atoms with Gasteiger partial charge in [-0.05, 0) is 25.8 Å². The first kappa shape index (κ1) is 16.2. The lowest BCUT2D eigenvalue weighted by Crippen LogP contribution is -2.25. The molecule has 2 atom stereocenters. The second-order valence-corrected chi connectivity index (χ2v) is 7.25. The first-order valence-electron chi connectivity index (χ1n) is 7.31. The highest BCUT2D eigenvalue weighted by molar-refractivity contribution is 7.55. The lowest BCUT2D eigenvalue weighted by molar-refractivity contribution is -0.122. The molecular weight excluding hydrogens is 289 g/mol. The number of rotatable bonds is 8. The molecule has 0 aliphatic heterocycles. The molecule has 1 amide bonds. The minimum absolute atomic E-state index is 0.0801. The lowest BCUT2D eigenvalue weighted by atomic mass is 10.2. The molecule has 0 spiro atoms. The zero-order valence-corrected chi connectivity index (χ0v) is 13.3. The number of carbonyl (C=O) groups excluding carboxylic acids is 1. The zero-order chi connectivity index (χ0) is 15.3. The Bertz CT molecular complexity index is 510. The van der Waals surface area contributed by atoms with Gasteiger partial charge in [0.1, 0.15) is 0 Å². The molecule has 0 radical (unpaired) electrons. The molecule has 0 aromatic heterocycles. The van der Waals surface area contributed by atoms with Crippen molar-refractivity contribution in [1.82, 2.24) is 5.32 Å². The largest absolute Gasteiger partial charge is 0.352 e. The minimum atomic E-state index is -3.15. The van der Waals surface area contributed by atoms with Gasteiger partial charge in [-0.2, -0.15) is 0 Å². The second-order valence-electron chi connectivity index (χ2n) is 4.99. The van der Waals surface area contributed by atoms with Gasteiger partial charge in [0, 0.05) is 6.54 Å². The molecule has 116 valence electrons. The van der Waals surface area contributed by atoms with E-state index in [1.807, 2.05) is 30.3 Å². The third kappa shape index (κ3) is 4.16. The molecule has 2 rings (SSSR count). The summed E-state index contributed by atoms with van der Waals surface area (Å²) >= 11 is 0. The molecule has 1 fully saturated rings. The first-order chi connectivity index (χ1) is 10.1. The number of nitrogens with one attached hydrogen (secondary N) is 1. The summed E-state index contributed by atoms with van der Waals surface area (Å²) in [5, 5.41) is 2.88. The van der Waals surface area contributed by atoms with Crippen LogP contribution < -0.4 is 5.32 Å². The van der Waals surface area contributed by atoms with Crippen LogP contribution in [0.3, 0.4) is 0 Å². The van der Waals surface area contributed by atoms with E-state index in [1.165, 1.54) is 0 Å². The van der Waals surface area contributed by atoms with Crippen molar-refractivity contribution in [2.45, 2.75) is 32.5 Å². The average Bonchev–Trinajstić information content (AvgIpc) is 3.27. The van der Waals surface area contributed by atoms with E-state index in [2.05, 4.69) is 5.32 Å². The Balaban J connectivity index is 1.87. The molecule has 0 saturated heterocycles. The maximum absolute atomic E-state index is 12.5. The third-order valence-electron chi connectivity index (χ3n) is 3.43. The van der Waals surface area contributed by atoms with Crippen molar-refractivity contribution in [1.29, 1.82) is 0 Å². The molecule has 21 heavy (non-hydrogen) atoms. The molecule has 6 heteroatoms. The zero-order valence-electron chi connectivity index (χ0n) is 12.5. The normalized spacial score (nSPS) is 21.0. The van der Waals surface area contributed by atoms with E-state index in [1.54, 1.807) is 13.8 Å². The van der Waals surface area contributed by atoms with Gasteiger partial charge in [-0.25, -0.2) is 0 Å². The summed E-state index contributed by atoms with van der Waals surface area (Å²) in [6, 6.07) is 9.70. The standard InChI is InChI=1S/C15H22NO4P/c1-3-19-21(18,20-4-2)14-10-13(14)15(17)16-11-12-8-6-5-7-9-12/h5-9,13-14H,3-4,10-11H2,1-2H3,(H,16,17)/t13-,14-/m1/s1. The van der Waals surface area contributed by atoms with Crippen LogP contribution in [0.2, 0.25) is 0 Å². The maximum Gasteiger partial charge on any atom is 0.334 e. The summed E-state index contributed by atoms with van der Waals surface area (Å²) in [6.45, 7) is 4.69. The van der Waals surface area contributed by atoms with E-state index in [-0.39, 0.29) is 17.5 Å². The van der Waals surface area contributed by atoms with Crippen molar-refractivity contribution in [3.05, 3.63) is 35.9 Å². The highest BCUT2D eigenvalue weighted by atomic mass is 31.2. The molecular formula is C15H22NO4P. The molecule has 0 heterocycles. The fraction of sp³-hybridized carbons (Fsp3) is 0.533. The molecule has 1 aliphatic carbocycles. The third-order valence-corrected chi connectivity index (χ3v) is 6.05. The first-order valence-corrected chi connectivity index (χ1v) is 8.92. The SMILES string of the molecule is CCOP(=O)(OCC)[C@@H]1C[C@H]1C(=O)NCc1ccccc1. The predicted octanol–water partition coefficient (Wildman–Crippen LogP) is 2.96. The summed E-state index contributed by atoms with van der Waals surface area (Å²) in [4.78, 5) is 12.1. The van der Waals surface area contributed by atoms with E-state index in [0.29, 0.717) is 26.2 Å². The number of hydrogen-bond acceptors (Lipinski definition) is 4. The Morgan fingerprint density at radius 2 is 1.86 bits per heavy atom. The van der Waals surface area contributed by atoms with Gasteiger partial charge < -0.3 is 14.4 Å². The summed E-state index contributed by atoms with van der Waals surface area (Å²) in [5.74, 6) is -0.346. The molecule has 0 unspecified atom stereocenters. The quantitative estimate of drug-likeness (QED) is 0.750. The van der Waals surface area contributed by atoms with Crippen LogP contribution in [-0.2, 0) is 25.0 Å². The number of hydrogen-bond donors (Lipinski definition) is 1. The topological polar surface area (TPSA) is 64.6 Å². The van der Waals surface area contributed by atoms with Crippen LogP contribution in [0.5, 0.6) is 0 Å². The highest BCUT2D eigenvalue weighted by Gasteiger charge is 2.56. The van der Waals surface area contributed by atoms with Crippen molar-refractivity contribution in [3.8, 4) is 0 Å². The maximum atomic E-state index is 12.5. The van der Waals surface area contributed by atoms with Crippen LogP contribution in [-0.4, -0.2) is 24.8 Å². The Hall–Kier alpha value is -1.16. The summed E-state index contributed by atoms with van der Waals surface area (Å²) < 4.78 is 23.1. The molecule has 1 aromatic carbocycles. The summed E-state index contributed by atoms with van der Waals surface area (Å²) in [7, 11) is -3.15. The fourth-order valence-electron chi connectivity index (χ4n) is 2.32. The lowest BCUT2D eigenvalue weighted by Gasteiger charge is -2.16. The Morgan fingerprint density at radius 3 is 2.43 bits per heavy atom. The molecule has 1 aliphatic rings. The smallest absolute Gasteiger partial charge is 0.334 e. The van der Waals surface area contributed by atoms with E-state index in [0.717, 1.165) is 5.56 Å². The Kier molecular flexibility index (Phi) is 5.57. The predicted molar refractivity (Wildman–Crippen MR) is 81.0 cm³/mol. The highest BCUT2D eigenvalue weighted by Crippen LogP contribution is 2.65. The van der Waals surface area contributed by atoms with Crippen LogP contribution in [0.1, 0.15) is 25.8 Å². The molecule has 5 nitrogen and oxygen atoms in total. The van der Waals surface area contributed by atoms with Gasteiger partial charge in [-0.15, -0.1) is 0 Å². The van der Waals surface area contributed by atoms with Crippen LogP contribution in [0, 0.1) is 5.92 Å². The van der Waals surface area contributed by atoms with Crippen molar-refractivity contribution >= 4 is 13.5 Å². The van der Waals surface area contributed by atoms with E-state index in [9.17, 15) is 9.36 Å². The fourth-order valence-corrected chi connectivity index (χ4v) is 4.56. The van der Waals surface area contributed by atoms with E-state index >= 15 is 0 Å². The van der Waals surface area contributed by atoms with Crippen molar-refractivity contribution in [3.63, 3.8) is 0 Å². The second kappa shape index (κ2) is 7.21. The van der Waals surface area contributed by atoms with Crippen LogP contribution in [0.15, 0.2) is 30.3 Å². The van der Waals surface area contributed by atoms with Gasteiger partial charge in [0.25, 0.3) is 0 Å². The van der Waals surface area contributed by atoms with Crippen molar-refractivity contribution < 1.29 is 18.4 Å². The molecule has 1 saturated carbocycles. The monoisotopic (exact) mass is 311 g/mol. The van der Waals surface area contributed by atoms with Crippen LogP contribution in [0.25, 0.3) is 0 Å². The van der Waals surface area contributed by atoms with E-state index < -0.39 is 7.60 Å². The van der Waals surface area contributed by atoms with Crippen LogP contribution >= 0.6 is 7.60 Å². The number of benzene rings is 1. The van der Waals surface area contributed by atoms with Gasteiger partial charge in [0.2, 0.25) is 5.91 Å². The van der Waals surface area contributed by atoms with Gasteiger partial charge in [0.05, 0.1) is 24.8 Å². The number of carbonyl (C=O) groups is 1. The van der Waals surface area contributed by atoms with Crippen molar-refractivity contribution in [2.24, 2.45) is 5.92 Å². The van der Waals surface area contributed by atoms with Gasteiger partial charge in [-0.3, -0.25) is 9.36 Å². The van der Waals surface area contributed by atoms with Gasteiger partial charge in [0.15, 0.2) is 0 Å². The van der Waals surface area contributed by atoms with Gasteiger partial charge in [-0.1, -0.05) is 30.3 Å². The Morgan fingerprint density at radius 1 is 1.24 bits per heavy atom. The minimum Gasteiger partial charge on any atom is -0.352 e. The average molecular weight is 311 g/mol. The molecule has 1 aromatic rings. The summed E-state index contributed by atoms with van der Waals surface area (Å²) in [5.41, 5.74) is 0.744.